The predicted octanol–water partition coefficient (Wildman–Crippen LogP) is 5.01. The smallest absolute Gasteiger partial charge is 0.272 e. The Labute approximate surface area is 176 Å². The Kier molecular flexibility index (Phi) is 4.36. The molecular weight excluding hydrogens is 396 g/mol. The number of ether oxygens (including phenoxy) is 1. The summed E-state index contributed by atoms with van der Waals surface area (Å²) in [6.45, 7) is 0. The molecule has 0 aliphatic heterocycles. The number of hydrogen-bond acceptors (Lipinski definition) is 5. The Bertz CT molecular complexity index is 1440. The molecule has 0 bridgehead atoms. The van der Waals surface area contributed by atoms with E-state index >= 15 is 0 Å². The summed E-state index contributed by atoms with van der Waals surface area (Å²) >= 11 is 0. The minimum Gasteiger partial charge on any atom is -0.497 e. The van der Waals surface area contributed by atoms with Gasteiger partial charge in [-0.3, -0.25) is 9.59 Å². The topological polar surface area (TPSA) is 86.6 Å². The molecule has 5 rings (SSSR count). The maximum Gasteiger partial charge on any atom is 0.272 e. The first-order chi connectivity index (χ1) is 15.1. The van der Waals surface area contributed by atoms with Crippen LogP contribution < -0.4 is 10.1 Å². The molecule has 3 heterocycles. The van der Waals surface area contributed by atoms with Crippen LogP contribution >= 0.6 is 0 Å². The summed E-state index contributed by atoms with van der Waals surface area (Å²) in [6, 6.07) is 17.4. The Morgan fingerprint density at radius 3 is 2.52 bits per heavy atom. The lowest BCUT2D eigenvalue weighted by Crippen LogP contribution is -2.17. The zero-order valence-electron chi connectivity index (χ0n) is 16.8. The first-order valence-corrected chi connectivity index (χ1v) is 9.61. The van der Waals surface area contributed by atoms with Gasteiger partial charge in [-0.15, -0.1) is 0 Å². The van der Waals surface area contributed by atoms with Crippen LogP contribution in [-0.4, -0.2) is 23.4 Å². The number of anilines is 1. The number of carbonyl (C=O) groups is 2. The van der Waals surface area contributed by atoms with Gasteiger partial charge >= 0.3 is 0 Å². The highest BCUT2D eigenvalue weighted by molar-refractivity contribution is 6.19. The highest BCUT2D eigenvalue weighted by atomic mass is 16.5. The molecule has 0 atom stereocenters. The lowest BCUT2D eigenvalue weighted by atomic mass is 10.1. The second-order valence-corrected chi connectivity index (χ2v) is 7.07. The molecule has 0 unspecified atom stereocenters. The fourth-order valence-corrected chi connectivity index (χ4v) is 3.65. The minimum atomic E-state index is -0.371. The Morgan fingerprint density at radius 1 is 1.00 bits per heavy atom. The molecule has 5 aromatic rings. The molecule has 31 heavy (non-hydrogen) atoms. The van der Waals surface area contributed by atoms with Crippen molar-refractivity contribution < 1.29 is 23.2 Å². The maximum absolute atomic E-state index is 13.2. The van der Waals surface area contributed by atoms with Gasteiger partial charge in [0.15, 0.2) is 11.3 Å². The van der Waals surface area contributed by atoms with Crippen molar-refractivity contribution in [2.75, 3.05) is 12.4 Å². The van der Waals surface area contributed by atoms with E-state index in [-0.39, 0.29) is 17.5 Å². The molecule has 0 radical (unpaired) electrons. The van der Waals surface area contributed by atoms with Gasteiger partial charge in [0.25, 0.3) is 5.91 Å². The van der Waals surface area contributed by atoms with Crippen LogP contribution in [0, 0.1) is 0 Å². The van der Waals surface area contributed by atoms with Crippen LogP contribution in [0.2, 0.25) is 0 Å². The van der Waals surface area contributed by atoms with Gasteiger partial charge in [-0.05, 0) is 36.4 Å². The molecule has 3 aromatic heterocycles. The standard InChI is InChI=1S/C24H18N2O5/c1-26-17-11-12-30-20(17)13-18(26)24(28)25-21-16-5-3-4-6-19(16)31-23(21)22(27)14-7-9-15(29-2)10-8-14/h3-13H,1-2H3,(H,25,28). The molecule has 0 saturated heterocycles. The third-order valence-electron chi connectivity index (χ3n) is 5.29. The second kappa shape index (κ2) is 7.21. The third-order valence-corrected chi connectivity index (χ3v) is 5.29. The van der Waals surface area contributed by atoms with Gasteiger partial charge in [0.05, 0.1) is 24.6 Å². The zero-order valence-corrected chi connectivity index (χ0v) is 16.8. The summed E-state index contributed by atoms with van der Waals surface area (Å²) in [5, 5.41) is 3.52. The molecule has 154 valence electrons. The minimum absolute atomic E-state index is 0.0672. The number of furan rings is 2. The third kappa shape index (κ3) is 3.07. The number of aromatic nitrogens is 1. The molecule has 0 fully saturated rings. The average Bonchev–Trinajstić information content (AvgIpc) is 3.48. The number of fused-ring (bicyclic) bond motifs is 2. The highest BCUT2D eigenvalue weighted by Gasteiger charge is 2.25. The predicted molar refractivity (Wildman–Crippen MR) is 116 cm³/mol. The summed E-state index contributed by atoms with van der Waals surface area (Å²) in [7, 11) is 3.34. The summed E-state index contributed by atoms with van der Waals surface area (Å²) in [5.74, 6) is -0.000602. The molecule has 0 aliphatic rings. The van der Waals surface area contributed by atoms with Gasteiger partial charge in [0.2, 0.25) is 5.78 Å². The average molecular weight is 414 g/mol. The number of aryl methyl sites for hydroxylation is 1. The normalized spacial score (nSPS) is 11.2. The molecule has 1 amide bonds. The van der Waals surface area contributed by atoms with Gasteiger partial charge in [0, 0.05) is 30.1 Å². The molecule has 2 aromatic carbocycles. The van der Waals surface area contributed by atoms with Crippen molar-refractivity contribution in [2.45, 2.75) is 0 Å². The monoisotopic (exact) mass is 414 g/mol. The lowest BCUT2D eigenvalue weighted by molar-refractivity contribution is 0.101. The highest BCUT2D eigenvalue weighted by Crippen LogP contribution is 2.33. The Hall–Kier alpha value is -4.26. The van der Waals surface area contributed by atoms with E-state index in [1.807, 2.05) is 12.1 Å². The molecule has 7 heteroatoms. The molecule has 1 N–H and O–H groups in total. The summed E-state index contributed by atoms with van der Waals surface area (Å²) in [4.78, 5) is 26.3. The van der Waals surface area contributed by atoms with Gasteiger partial charge in [0.1, 0.15) is 17.0 Å². The number of benzene rings is 2. The van der Waals surface area contributed by atoms with Crippen molar-refractivity contribution >= 4 is 39.4 Å². The summed E-state index contributed by atoms with van der Waals surface area (Å²) in [5.41, 5.74) is 3.08. The number of rotatable bonds is 5. The lowest BCUT2D eigenvalue weighted by Gasteiger charge is -2.07. The van der Waals surface area contributed by atoms with Crippen molar-refractivity contribution in [3.8, 4) is 5.75 Å². The van der Waals surface area contributed by atoms with Crippen LogP contribution in [0.4, 0.5) is 5.69 Å². The Morgan fingerprint density at radius 2 is 1.77 bits per heavy atom. The number of nitrogens with zero attached hydrogens (tertiary/aromatic N) is 1. The maximum atomic E-state index is 13.2. The van der Waals surface area contributed by atoms with E-state index in [0.717, 1.165) is 5.52 Å². The number of carbonyl (C=O) groups excluding carboxylic acids is 2. The van der Waals surface area contributed by atoms with Gasteiger partial charge < -0.3 is 23.5 Å². The molecule has 0 saturated carbocycles. The first-order valence-electron chi connectivity index (χ1n) is 9.61. The van der Waals surface area contributed by atoms with Crippen molar-refractivity contribution in [3.05, 3.63) is 83.9 Å². The van der Waals surface area contributed by atoms with Crippen molar-refractivity contribution in [3.63, 3.8) is 0 Å². The molecule has 0 spiro atoms. The number of nitrogens with one attached hydrogen (secondary N) is 1. The van der Waals surface area contributed by atoms with Crippen molar-refractivity contribution in [1.29, 1.82) is 0 Å². The second-order valence-electron chi connectivity index (χ2n) is 7.07. The molecular formula is C24H18N2O5. The summed E-state index contributed by atoms with van der Waals surface area (Å²) in [6.07, 6.45) is 1.57. The van der Waals surface area contributed by atoms with Crippen LogP contribution in [0.15, 0.2) is 75.8 Å². The number of ketones is 1. The van der Waals surface area contributed by atoms with E-state index in [1.165, 1.54) is 0 Å². The van der Waals surface area contributed by atoms with Gasteiger partial charge in [-0.1, -0.05) is 12.1 Å². The number of hydrogen-bond donors (Lipinski definition) is 1. The van der Waals surface area contributed by atoms with Crippen molar-refractivity contribution in [1.82, 2.24) is 4.57 Å². The number of amides is 1. The van der Waals surface area contributed by atoms with Crippen molar-refractivity contribution in [2.24, 2.45) is 7.05 Å². The van der Waals surface area contributed by atoms with Crippen LogP contribution in [0.3, 0.4) is 0 Å². The summed E-state index contributed by atoms with van der Waals surface area (Å²) < 4.78 is 18.1. The fraction of sp³-hybridized carbons (Fsp3) is 0.0833. The van der Waals surface area contributed by atoms with E-state index in [0.29, 0.717) is 39.2 Å². The van der Waals surface area contributed by atoms with E-state index in [2.05, 4.69) is 5.32 Å². The molecule has 0 aliphatic carbocycles. The van der Waals surface area contributed by atoms with E-state index in [9.17, 15) is 9.59 Å². The number of para-hydroxylation sites is 1. The SMILES string of the molecule is COc1ccc(C(=O)c2oc3ccccc3c2NC(=O)c2cc3occc3n2C)cc1. The fourth-order valence-electron chi connectivity index (χ4n) is 3.65. The zero-order chi connectivity index (χ0) is 21.5. The van der Waals surface area contributed by atoms with E-state index in [1.54, 1.807) is 73.5 Å². The van der Waals surface area contributed by atoms with Crippen LogP contribution in [0.25, 0.3) is 22.1 Å². The van der Waals surface area contributed by atoms with Crippen LogP contribution in [-0.2, 0) is 7.05 Å². The van der Waals surface area contributed by atoms with Crippen LogP contribution in [0.1, 0.15) is 26.6 Å². The number of methoxy groups -OCH3 is 1. The largest absolute Gasteiger partial charge is 0.497 e. The Balaban J connectivity index is 1.57. The van der Waals surface area contributed by atoms with Crippen LogP contribution in [0.5, 0.6) is 5.75 Å². The van der Waals surface area contributed by atoms with E-state index in [4.69, 9.17) is 13.6 Å². The quantitative estimate of drug-likeness (QED) is 0.409. The van der Waals surface area contributed by atoms with E-state index < -0.39 is 0 Å². The van der Waals surface area contributed by atoms with Gasteiger partial charge in [-0.25, -0.2) is 0 Å². The first kappa shape index (κ1) is 18.7. The van der Waals surface area contributed by atoms with Gasteiger partial charge in [-0.2, -0.15) is 0 Å². The molecule has 7 nitrogen and oxygen atoms in total.